The second-order valence-electron chi connectivity index (χ2n) is 6.35. The van der Waals surface area contributed by atoms with Gasteiger partial charge in [-0.25, -0.2) is 0 Å². The molecule has 0 saturated heterocycles. The summed E-state index contributed by atoms with van der Waals surface area (Å²) in [5, 5.41) is 0. The van der Waals surface area contributed by atoms with Gasteiger partial charge in [0.2, 0.25) is 0 Å². The highest BCUT2D eigenvalue weighted by Gasteiger charge is 2.13. The molecule has 3 rings (SSSR count). The van der Waals surface area contributed by atoms with Crippen LogP contribution in [0, 0.1) is 6.92 Å². The number of nitrogens with zero attached hydrogens (tertiary/aromatic N) is 2. The molecule has 0 N–H and O–H groups in total. The van der Waals surface area contributed by atoms with Crippen molar-refractivity contribution in [2.24, 2.45) is 4.99 Å². The van der Waals surface area contributed by atoms with Crippen molar-refractivity contribution in [3.8, 4) is 11.5 Å². The summed E-state index contributed by atoms with van der Waals surface area (Å²) in [6.07, 6.45) is 0.185. The van der Waals surface area contributed by atoms with Gasteiger partial charge in [-0.05, 0) is 36.8 Å². The Morgan fingerprint density at radius 1 is 1.03 bits per heavy atom. The van der Waals surface area contributed by atoms with Crippen LogP contribution in [-0.2, 0) is 16.1 Å². The predicted octanol–water partition coefficient (Wildman–Crippen LogP) is 3.33. The van der Waals surface area contributed by atoms with Crippen molar-refractivity contribution in [1.29, 1.82) is 0 Å². The second-order valence-corrected chi connectivity index (χ2v) is 7.36. The molecule has 0 atom stereocenters. The Balaban J connectivity index is 2.08. The van der Waals surface area contributed by atoms with Gasteiger partial charge < -0.3 is 18.8 Å². The van der Waals surface area contributed by atoms with Crippen LogP contribution in [-0.4, -0.2) is 37.8 Å². The van der Waals surface area contributed by atoms with Crippen LogP contribution in [0.25, 0.3) is 10.2 Å². The molecular weight excluding hydrogens is 392 g/mol. The fourth-order valence-electron chi connectivity index (χ4n) is 2.87. The van der Waals surface area contributed by atoms with Gasteiger partial charge in [-0.15, -0.1) is 0 Å². The lowest BCUT2D eigenvalue weighted by atomic mass is 10.2. The van der Waals surface area contributed by atoms with E-state index in [1.165, 1.54) is 32.7 Å². The van der Waals surface area contributed by atoms with Crippen molar-refractivity contribution in [3.63, 3.8) is 0 Å². The number of carbonyl (C=O) groups is 2. The van der Waals surface area contributed by atoms with Crippen LogP contribution in [0.5, 0.6) is 11.5 Å². The minimum absolute atomic E-state index is 0.185. The number of methoxy groups -OCH3 is 3. The molecule has 0 aliphatic heterocycles. The van der Waals surface area contributed by atoms with E-state index < -0.39 is 5.91 Å². The second kappa shape index (κ2) is 8.91. The molecule has 8 heteroatoms. The van der Waals surface area contributed by atoms with E-state index >= 15 is 0 Å². The fraction of sp³-hybridized carbons (Fsp3) is 0.286. The zero-order valence-corrected chi connectivity index (χ0v) is 17.5. The number of carbonyl (C=O) groups excluding carboxylic acids is 2. The first-order valence-corrected chi connectivity index (χ1v) is 9.75. The first-order valence-electron chi connectivity index (χ1n) is 8.94. The molecule has 0 fully saturated rings. The number of thiazole rings is 1. The zero-order chi connectivity index (χ0) is 21.0. The van der Waals surface area contributed by atoms with Crippen LogP contribution in [0.1, 0.15) is 22.3 Å². The molecule has 0 aliphatic rings. The number of amides is 1. The summed E-state index contributed by atoms with van der Waals surface area (Å²) < 4.78 is 18.1. The van der Waals surface area contributed by atoms with Crippen molar-refractivity contribution < 1.29 is 23.8 Å². The lowest BCUT2D eigenvalue weighted by molar-refractivity contribution is -0.140. The van der Waals surface area contributed by atoms with Crippen molar-refractivity contribution >= 4 is 33.4 Å². The number of aryl methyl sites for hydroxylation is 2. The Morgan fingerprint density at radius 2 is 1.72 bits per heavy atom. The highest BCUT2D eigenvalue weighted by Crippen LogP contribution is 2.23. The van der Waals surface area contributed by atoms with Crippen molar-refractivity contribution in [2.45, 2.75) is 19.9 Å². The maximum atomic E-state index is 12.9. The molecular formula is C21H22N2O5S. The van der Waals surface area contributed by atoms with Crippen LogP contribution in [0.3, 0.4) is 0 Å². The average Bonchev–Trinajstić information content (AvgIpc) is 3.07. The zero-order valence-electron chi connectivity index (χ0n) is 16.7. The Labute approximate surface area is 172 Å². The van der Waals surface area contributed by atoms with Crippen molar-refractivity contribution in [3.05, 3.63) is 52.3 Å². The molecule has 1 amide bonds. The first-order chi connectivity index (χ1) is 13.9. The number of aromatic nitrogens is 1. The summed E-state index contributed by atoms with van der Waals surface area (Å²) >= 11 is 1.40. The highest BCUT2D eigenvalue weighted by atomic mass is 32.1. The third kappa shape index (κ3) is 4.65. The van der Waals surface area contributed by atoms with E-state index in [1.54, 1.807) is 18.2 Å². The maximum Gasteiger partial charge on any atom is 0.307 e. The summed E-state index contributed by atoms with van der Waals surface area (Å²) in [7, 11) is 4.40. The molecule has 1 aromatic heterocycles. The molecule has 1 heterocycles. The van der Waals surface area contributed by atoms with Crippen molar-refractivity contribution in [1.82, 2.24) is 4.57 Å². The molecule has 0 bridgehead atoms. The van der Waals surface area contributed by atoms with E-state index in [1.807, 2.05) is 29.7 Å². The number of ether oxygens (including phenoxy) is 3. The number of rotatable bonds is 6. The standard InChI is InChI=1S/C21H22N2O5S/c1-13-5-6-17-18(9-13)29-21(23(17)8-7-19(24)28-4)22-20(25)14-10-15(26-2)12-16(11-14)27-3/h5-6,9-12H,7-8H2,1-4H3. The topological polar surface area (TPSA) is 79.1 Å². The summed E-state index contributed by atoms with van der Waals surface area (Å²) in [5.74, 6) is 0.276. The smallest absolute Gasteiger partial charge is 0.307 e. The molecule has 0 aliphatic carbocycles. The molecule has 152 valence electrons. The van der Waals surface area contributed by atoms with E-state index in [0.717, 1.165) is 15.8 Å². The van der Waals surface area contributed by atoms with Gasteiger partial charge in [0.25, 0.3) is 5.91 Å². The summed E-state index contributed by atoms with van der Waals surface area (Å²) in [6, 6.07) is 10.9. The van der Waals surface area contributed by atoms with Gasteiger partial charge in [-0.2, -0.15) is 4.99 Å². The van der Waals surface area contributed by atoms with Gasteiger partial charge in [0, 0.05) is 18.2 Å². The Kier molecular flexibility index (Phi) is 6.33. The van der Waals surface area contributed by atoms with Crippen LogP contribution >= 0.6 is 11.3 Å². The monoisotopic (exact) mass is 414 g/mol. The third-order valence-corrected chi connectivity index (χ3v) is 5.44. The summed E-state index contributed by atoms with van der Waals surface area (Å²) in [5.41, 5.74) is 2.38. The quantitative estimate of drug-likeness (QED) is 0.578. The van der Waals surface area contributed by atoms with E-state index in [0.29, 0.717) is 28.4 Å². The molecule has 2 aromatic carbocycles. The number of benzene rings is 2. The van der Waals surface area contributed by atoms with Crippen molar-refractivity contribution in [2.75, 3.05) is 21.3 Å². The minimum Gasteiger partial charge on any atom is -0.497 e. The van der Waals surface area contributed by atoms with E-state index in [-0.39, 0.29) is 12.4 Å². The molecule has 0 saturated carbocycles. The van der Waals surface area contributed by atoms with Crippen LogP contribution in [0.15, 0.2) is 41.4 Å². The van der Waals surface area contributed by atoms with Gasteiger partial charge in [0.15, 0.2) is 4.80 Å². The molecule has 29 heavy (non-hydrogen) atoms. The van der Waals surface area contributed by atoms with Crippen LogP contribution < -0.4 is 14.3 Å². The number of fused-ring (bicyclic) bond motifs is 1. The van der Waals surface area contributed by atoms with Gasteiger partial charge in [-0.1, -0.05) is 17.4 Å². The molecule has 0 spiro atoms. The van der Waals surface area contributed by atoms with E-state index in [9.17, 15) is 9.59 Å². The van der Waals surface area contributed by atoms with Gasteiger partial charge >= 0.3 is 5.97 Å². The fourth-order valence-corrected chi connectivity index (χ4v) is 4.02. The normalized spacial score (nSPS) is 11.5. The average molecular weight is 414 g/mol. The lowest BCUT2D eigenvalue weighted by Gasteiger charge is -2.06. The largest absolute Gasteiger partial charge is 0.497 e. The van der Waals surface area contributed by atoms with Crippen LogP contribution in [0.4, 0.5) is 0 Å². The summed E-state index contributed by atoms with van der Waals surface area (Å²) in [6.45, 7) is 2.37. The Bertz CT molecular complexity index is 1110. The molecule has 0 unspecified atom stereocenters. The molecule has 3 aromatic rings. The maximum absolute atomic E-state index is 12.9. The minimum atomic E-state index is -0.419. The molecule has 0 radical (unpaired) electrons. The predicted molar refractivity (Wildman–Crippen MR) is 111 cm³/mol. The van der Waals surface area contributed by atoms with Crippen LogP contribution in [0.2, 0.25) is 0 Å². The first kappa shape index (κ1) is 20.6. The SMILES string of the molecule is COC(=O)CCn1c(=NC(=O)c2cc(OC)cc(OC)c2)sc2cc(C)ccc21. The summed E-state index contributed by atoms with van der Waals surface area (Å²) in [4.78, 5) is 29.3. The Morgan fingerprint density at radius 3 is 2.34 bits per heavy atom. The van der Waals surface area contributed by atoms with Gasteiger partial charge in [0.05, 0.1) is 38.0 Å². The van der Waals surface area contributed by atoms with E-state index in [4.69, 9.17) is 14.2 Å². The van der Waals surface area contributed by atoms with Gasteiger partial charge in [0.1, 0.15) is 11.5 Å². The third-order valence-electron chi connectivity index (χ3n) is 4.40. The number of esters is 1. The van der Waals surface area contributed by atoms with E-state index in [2.05, 4.69) is 4.99 Å². The molecule has 7 nitrogen and oxygen atoms in total. The highest BCUT2D eigenvalue weighted by molar-refractivity contribution is 7.16. The number of hydrogen-bond donors (Lipinski definition) is 0. The number of hydrogen-bond acceptors (Lipinski definition) is 6. The Hall–Kier alpha value is -3.13. The lowest BCUT2D eigenvalue weighted by Crippen LogP contribution is -2.19. The van der Waals surface area contributed by atoms with Gasteiger partial charge in [-0.3, -0.25) is 9.59 Å².